The van der Waals surface area contributed by atoms with Crippen LogP contribution in [0.5, 0.6) is 0 Å². The number of pyridine rings is 1. The molecule has 3 heterocycles. The second-order valence-electron chi connectivity index (χ2n) is 7.03. The summed E-state index contributed by atoms with van der Waals surface area (Å²) >= 11 is 0. The Balaban J connectivity index is 1.60. The summed E-state index contributed by atoms with van der Waals surface area (Å²) in [5, 5.41) is 3.88. The molecular formula is C19H27N5O2. The summed E-state index contributed by atoms with van der Waals surface area (Å²) in [6.45, 7) is 3.63. The Kier molecular flexibility index (Phi) is 5.98. The summed E-state index contributed by atoms with van der Waals surface area (Å²) in [6, 6.07) is 4.24. The van der Waals surface area contributed by atoms with Crippen LogP contribution in [-0.2, 0) is 24.2 Å². The molecule has 7 heteroatoms. The molecule has 7 nitrogen and oxygen atoms in total. The first-order chi connectivity index (χ1) is 12.6. The largest absolute Gasteiger partial charge is 0.339 e. The molecule has 0 radical (unpaired) electrons. The molecule has 1 aliphatic heterocycles. The number of aryl methyl sites for hydroxylation is 2. The normalized spacial score (nSPS) is 17.2. The second kappa shape index (κ2) is 8.40. The van der Waals surface area contributed by atoms with Gasteiger partial charge in [0.2, 0.25) is 11.8 Å². The Bertz CT molecular complexity index is 726. The predicted octanol–water partition coefficient (Wildman–Crippen LogP) is 2.38. The number of carbonyl (C=O) groups is 1. The van der Waals surface area contributed by atoms with Crippen molar-refractivity contribution in [1.29, 1.82) is 0 Å². The van der Waals surface area contributed by atoms with E-state index in [1.807, 2.05) is 32.1 Å². The molecule has 0 aliphatic carbocycles. The SMILES string of the molecule is CCc1noc(CCC(=O)N2CCC[C@@H]2c2ccc(CN(C)C)cn2)n1. The quantitative estimate of drug-likeness (QED) is 0.757. The molecule has 140 valence electrons. The Labute approximate surface area is 154 Å². The summed E-state index contributed by atoms with van der Waals surface area (Å²) in [6.07, 6.45) is 5.51. The van der Waals surface area contributed by atoms with E-state index in [0.29, 0.717) is 24.6 Å². The van der Waals surface area contributed by atoms with Crippen LogP contribution in [0.4, 0.5) is 0 Å². The smallest absolute Gasteiger partial charge is 0.227 e. The lowest BCUT2D eigenvalue weighted by molar-refractivity contribution is -0.132. The van der Waals surface area contributed by atoms with Crippen molar-refractivity contribution in [2.75, 3.05) is 20.6 Å². The van der Waals surface area contributed by atoms with Gasteiger partial charge in [-0.15, -0.1) is 0 Å². The third-order valence-electron chi connectivity index (χ3n) is 4.64. The van der Waals surface area contributed by atoms with Gasteiger partial charge in [0.05, 0.1) is 11.7 Å². The minimum atomic E-state index is 0.0739. The predicted molar refractivity (Wildman–Crippen MR) is 97.3 cm³/mol. The topological polar surface area (TPSA) is 75.4 Å². The van der Waals surface area contributed by atoms with E-state index in [9.17, 15) is 4.79 Å². The Hall–Kier alpha value is -2.28. The maximum atomic E-state index is 12.7. The Morgan fingerprint density at radius 2 is 2.23 bits per heavy atom. The van der Waals surface area contributed by atoms with Crippen LogP contribution >= 0.6 is 0 Å². The highest BCUT2D eigenvalue weighted by Gasteiger charge is 2.30. The van der Waals surface area contributed by atoms with Gasteiger partial charge in [-0.2, -0.15) is 4.98 Å². The zero-order chi connectivity index (χ0) is 18.5. The number of nitrogens with zero attached hydrogens (tertiary/aromatic N) is 5. The van der Waals surface area contributed by atoms with Crippen molar-refractivity contribution in [3.63, 3.8) is 0 Å². The van der Waals surface area contributed by atoms with Gasteiger partial charge in [0.25, 0.3) is 0 Å². The van der Waals surface area contributed by atoms with Crippen molar-refractivity contribution in [3.8, 4) is 0 Å². The lowest BCUT2D eigenvalue weighted by Gasteiger charge is -2.24. The minimum Gasteiger partial charge on any atom is -0.339 e. The van der Waals surface area contributed by atoms with Crippen molar-refractivity contribution in [2.24, 2.45) is 0 Å². The van der Waals surface area contributed by atoms with Crippen molar-refractivity contribution in [3.05, 3.63) is 41.3 Å². The van der Waals surface area contributed by atoms with E-state index in [2.05, 4.69) is 32.2 Å². The van der Waals surface area contributed by atoms with Crippen LogP contribution in [-0.4, -0.2) is 51.5 Å². The molecule has 1 saturated heterocycles. The zero-order valence-corrected chi connectivity index (χ0v) is 15.8. The standard InChI is InChI=1S/C19H27N5O2/c1-4-17-21-18(26-22-17)9-10-19(25)24-11-5-6-16(24)15-8-7-14(12-20-15)13-23(2)3/h7-8,12,16H,4-6,9-11,13H2,1-3H3/t16-/m1/s1. The van der Waals surface area contributed by atoms with E-state index in [-0.39, 0.29) is 11.9 Å². The van der Waals surface area contributed by atoms with Crippen LogP contribution in [0.2, 0.25) is 0 Å². The molecule has 0 aromatic carbocycles. The number of hydrogen-bond donors (Lipinski definition) is 0. The van der Waals surface area contributed by atoms with Gasteiger partial charge in [-0.05, 0) is 38.6 Å². The van der Waals surface area contributed by atoms with Gasteiger partial charge in [0, 0.05) is 38.5 Å². The second-order valence-corrected chi connectivity index (χ2v) is 7.03. The highest BCUT2D eigenvalue weighted by Crippen LogP contribution is 2.31. The molecule has 26 heavy (non-hydrogen) atoms. The van der Waals surface area contributed by atoms with Crippen LogP contribution in [0.3, 0.4) is 0 Å². The minimum absolute atomic E-state index is 0.0739. The van der Waals surface area contributed by atoms with Crippen molar-refractivity contribution in [2.45, 2.75) is 51.6 Å². The van der Waals surface area contributed by atoms with Crippen molar-refractivity contribution >= 4 is 5.91 Å². The van der Waals surface area contributed by atoms with Gasteiger partial charge < -0.3 is 14.3 Å². The number of hydrogen-bond acceptors (Lipinski definition) is 6. The monoisotopic (exact) mass is 357 g/mol. The maximum absolute atomic E-state index is 12.7. The number of carbonyl (C=O) groups excluding carboxylic acids is 1. The van der Waals surface area contributed by atoms with Crippen LogP contribution in [0, 0.1) is 0 Å². The third-order valence-corrected chi connectivity index (χ3v) is 4.64. The van der Waals surface area contributed by atoms with E-state index in [1.54, 1.807) is 0 Å². The van der Waals surface area contributed by atoms with Gasteiger partial charge in [-0.25, -0.2) is 0 Å². The summed E-state index contributed by atoms with van der Waals surface area (Å²) in [5.41, 5.74) is 2.15. The molecule has 0 spiro atoms. The molecular weight excluding hydrogens is 330 g/mol. The molecule has 1 amide bonds. The highest BCUT2D eigenvalue weighted by atomic mass is 16.5. The molecule has 1 atom stereocenters. The first-order valence-corrected chi connectivity index (χ1v) is 9.27. The fourth-order valence-corrected chi connectivity index (χ4v) is 3.36. The maximum Gasteiger partial charge on any atom is 0.227 e. The highest BCUT2D eigenvalue weighted by molar-refractivity contribution is 5.77. The van der Waals surface area contributed by atoms with E-state index < -0.39 is 0 Å². The first-order valence-electron chi connectivity index (χ1n) is 9.27. The molecule has 0 bridgehead atoms. The lowest BCUT2D eigenvalue weighted by atomic mass is 10.1. The van der Waals surface area contributed by atoms with Crippen LogP contribution in [0.15, 0.2) is 22.9 Å². The van der Waals surface area contributed by atoms with E-state index in [0.717, 1.165) is 38.0 Å². The van der Waals surface area contributed by atoms with Crippen LogP contribution in [0.25, 0.3) is 0 Å². The van der Waals surface area contributed by atoms with Gasteiger partial charge in [-0.3, -0.25) is 9.78 Å². The number of aromatic nitrogens is 3. The average Bonchev–Trinajstić information content (AvgIpc) is 3.29. The van der Waals surface area contributed by atoms with Crippen molar-refractivity contribution in [1.82, 2.24) is 24.9 Å². The number of likely N-dealkylation sites (tertiary alicyclic amines) is 1. The average molecular weight is 357 g/mol. The molecule has 1 aliphatic rings. The molecule has 0 unspecified atom stereocenters. The summed E-state index contributed by atoms with van der Waals surface area (Å²) in [7, 11) is 4.08. The third kappa shape index (κ3) is 4.46. The molecule has 0 N–H and O–H groups in total. The number of rotatable bonds is 7. The molecule has 3 rings (SSSR count). The fourth-order valence-electron chi connectivity index (χ4n) is 3.36. The van der Waals surface area contributed by atoms with Gasteiger partial charge in [0.15, 0.2) is 5.82 Å². The van der Waals surface area contributed by atoms with Crippen LogP contribution in [0.1, 0.15) is 55.2 Å². The number of amides is 1. The molecule has 2 aromatic heterocycles. The zero-order valence-electron chi connectivity index (χ0n) is 15.8. The summed E-state index contributed by atoms with van der Waals surface area (Å²) < 4.78 is 5.18. The van der Waals surface area contributed by atoms with Gasteiger partial charge >= 0.3 is 0 Å². The van der Waals surface area contributed by atoms with Gasteiger partial charge in [0.1, 0.15) is 0 Å². The lowest BCUT2D eigenvalue weighted by Crippen LogP contribution is -2.31. The Morgan fingerprint density at radius 1 is 1.38 bits per heavy atom. The van der Waals surface area contributed by atoms with E-state index in [1.165, 1.54) is 5.56 Å². The van der Waals surface area contributed by atoms with Crippen LogP contribution < -0.4 is 0 Å². The Morgan fingerprint density at radius 3 is 2.88 bits per heavy atom. The molecule has 2 aromatic rings. The van der Waals surface area contributed by atoms with Gasteiger partial charge in [-0.1, -0.05) is 18.1 Å². The molecule has 1 fully saturated rings. The molecule has 0 saturated carbocycles. The van der Waals surface area contributed by atoms with E-state index in [4.69, 9.17) is 4.52 Å². The first kappa shape index (κ1) is 18.5. The summed E-state index contributed by atoms with van der Waals surface area (Å²) in [4.78, 5) is 25.6. The van der Waals surface area contributed by atoms with Crippen molar-refractivity contribution < 1.29 is 9.32 Å². The summed E-state index contributed by atoms with van der Waals surface area (Å²) in [5.74, 6) is 1.36. The van der Waals surface area contributed by atoms with E-state index >= 15 is 0 Å². The fraction of sp³-hybridized carbons (Fsp3) is 0.579.